The average Bonchev–Trinajstić information content (AvgIpc) is 2.44. The molecule has 1 aromatic carbocycles. The highest BCUT2D eigenvalue weighted by atomic mass is 79.9. The standard InChI is InChI=1S/C15H19BrO3S2/c1-21(18,19)14-7-2-4-11(8-14)15(17)10-20-13-6-3-5-12(16)9-13/h3,5-6,9,11,14H,2,4,7-8,10H2,1H3. The van der Waals surface area contributed by atoms with Crippen LogP contribution in [0.4, 0.5) is 0 Å². The Morgan fingerprint density at radius 3 is 2.81 bits per heavy atom. The van der Waals surface area contributed by atoms with E-state index in [4.69, 9.17) is 0 Å². The lowest BCUT2D eigenvalue weighted by Crippen LogP contribution is -2.31. The summed E-state index contributed by atoms with van der Waals surface area (Å²) in [5.41, 5.74) is 0. The monoisotopic (exact) mass is 390 g/mol. The van der Waals surface area contributed by atoms with E-state index >= 15 is 0 Å². The molecular formula is C15H19BrO3S2. The van der Waals surface area contributed by atoms with Crippen LogP contribution >= 0.6 is 27.7 Å². The molecule has 0 radical (unpaired) electrons. The summed E-state index contributed by atoms with van der Waals surface area (Å²) in [5, 5.41) is -0.337. The van der Waals surface area contributed by atoms with E-state index in [2.05, 4.69) is 15.9 Å². The van der Waals surface area contributed by atoms with Crippen LogP contribution in [0.15, 0.2) is 33.6 Å². The summed E-state index contributed by atoms with van der Waals surface area (Å²) in [5.74, 6) is 0.490. The molecule has 0 heterocycles. The molecule has 3 nitrogen and oxygen atoms in total. The highest BCUT2D eigenvalue weighted by Crippen LogP contribution is 2.31. The third-order valence-electron chi connectivity index (χ3n) is 3.86. The Kier molecular flexibility index (Phi) is 5.91. The topological polar surface area (TPSA) is 51.2 Å². The number of hydrogen-bond donors (Lipinski definition) is 0. The van der Waals surface area contributed by atoms with Gasteiger partial charge in [0, 0.05) is 21.5 Å². The Morgan fingerprint density at radius 2 is 2.14 bits per heavy atom. The molecule has 0 N–H and O–H groups in total. The molecule has 2 unspecified atom stereocenters. The first-order valence-electron chi connectivity index (χ1n) is 6.96. The molecule has 1 aliphatic rings. The fourth-order valence-corrected chi connectivity index (χ4v) is 5.31. The summed E-state index contributed by atoms with van der Waals surface area (Å²) < 4.78 is 24.3. The lowest BCUT2D eigenvalue weighted by molar-refractivity contribution is -0.121. The van der Waals surface area contributed by atoms with Crippen LogP contribution < -0.4 is 0 Å². The van der Waals surface area contributed by atoms with Gasteiger partial charge in [-0.3, -0.25) is 4.79 Å². The van der Waals surface area contributed by atoms with E-state index in [0.717, 1.165) is 22.2 Å². The average molecular weight is 391 g/mol. The van der Waals surface area contributed by atoms with Crippen LogP contribution in [0.5, 0.6) is 0 Å². The predicted molar refractivity (Wildman–Crippen MR) is 90.5 cm³/mol. The van der Waals surface area contributed by atoms with Gasteiger partial charge in [-0.2, -0.15) is 0 Å². The van der Waals surface area contributed by atoms with Gasteiger partial charge in [-0.05, 0) is 37.5 Å². The lowest BCUT2D eigenvalue weighted by atomic mass is 9.86. The van der Waals surface area contributed by atoms with Crippen LogP contribution in [0.3, 0.4) is 0 Å². The summed E-state index contributed by atoms with van der Waals surface area (Å²) in [4.78, 5) is 13.4. The van der Waals surface area contributed by atoms with Crippen molar-refractivity contribution >= 4 is 43.3 Å². The molecule has 1 aliphatic carbocycles. The molecule has 0 spiro atoms. The Labute approximate surface area is 138 Å². The van der Waals surface area contributed by atoms with Crippen LogP contribution in [-0.4, -0.2) is 31.5 Å². The second-order valence-electron chi connectivity index (χ2n) is 5.53. The Morgan fingerprint density at radius 1 is 1.38 bits per heavy atom. The van der Waals surface area contributed by atoms with Gasteiger partial charge in [0.1, 0.15) is 15.6 Å². The van der Waals surface area contributed by atoms with Crippen molar-refractivity contribution < 1.29 is 13.2 Å². The van der Waals surface area contributed by atoms with Gasteiger partial charge < -0.3 is 0 Å². The van der Waals surface area contributed by atoms with Gasteiger partial charge in [0.15, 0.2) is 0 Å². The van der Waals surface area contributed by atoms with Crippen LogP contribution in [0.1, 0.15) is 25.7 Å². The number of ketones is 1. The zero-order valence-electron chi connectivity index (χ0n) is 11.9. The Hall–Kier alpha value is -0.330. The summed E-state index contributed by atoms with van der Waals surface area (Å²) in [7, 11) is -3.03. The van der Waals surface area contributed by atoms with E-state index in [1.165, 1.54) is 18.0 Å². The highest BCUT2D eigenvalue weighted by molar-refractivity contribution is 9.10. The highest BCUT2D eigenvalue weighted by Gasteiger charge is 2.32. The number of thioether (sulfide) groups is 1. The third kappa shape index (κ3) is 5.11. The molecule has 21 heavy (non-hydrogen) atoms. The summed E-state index contributed by atoms with van der Waals surface area (Å²) in [6, 6.07) is 7.85. The van der Waals surface area contributed by atoms with Crippen LogP contribution in [-0.2, 0) is 14.6 Å². The number of carbonyl (C=O) groups is 1. The fourth-order valence-electron chi connectivity index (χ4n) is 2.66. The Balaban J connectivity index is 1.91. The quantitative estimate of drug-likeness (QED) is 0.718. The van der Waals surface area contributed by atoms with Gasteiger partial charge in [0.2, 0.25) is 0 Å². The zero-order chi connectivity index (χ0) is 15.5. The molecule has 0 amide bonds. The van der Waals surface area contributed by atoms with Crippen molar-refractivity contribution in [1.82, 2.24) is 0 Å². The number of halogens is 1. The number of carbonyl (C=O) groups excluding carboxylic acids is 1. The normalized spacial score (nSPS) is 23.0. The first-order chi connectivity index (χ1) is 9.86. The summed E-state index contributed by atoms with van der Waals surface area (Å²) in [6.45, 7) is 0. The minimum Gasteiger partial charge on any atom is -0.298 e. The molecule has 0 saturated heterocycles. The van der Waals surface area contributed by atoms with E-state index in [1.807, 2.05) is 24.3 Å². The van der Waals surface area contributed by atoms with Gasteiger partial charge in [0.05, 0.1) is 11.0 Å². The number of benzene rings is 1. The van der Waals surface area contributed by atoms with Crippen molar-refractivity contribution in [2.45, 2.75) is 35.8 Å². The number of sulfone groups is 1. The Bertz CT molecular complexity index is 613. The minimum absolute atomic E-state index is 0.0990. The van der Waals surface area contributed by atoms with E-state index in [1.54, 1.807) is 0 Å². The van der Waals surface area contributed by atoms with Crippen molar-refractivity contribution in [3.05, 3.63) is 28.7 Å². The number of Topliss-reactive ketones (excluding diaryl/α,β-unsaturated/α-hetero) is 1. The van der Waals surface area contributed by atoms with Crippen molar-refractivity contribution in [2.75, 3.05) is 12.0 Å². The molecule has 1 saturated carbocycles. The smallest absolute Gasteiger partial charge is 0.150 e. The minimum atomic E-state index is -3.03. The number of rotatable bonds is 5. The van der Waals surface area contributed by atoms with Crippen molar-refractivity contribution in [1.29, 1.82) is 0 Å². The van der Waals surface area contributed by atoms with Gasteiger partial charge in [-0.1, -0.05) is 28.4 Å². The lowest BCUT2D eigenvalue weighted by Gasteiger charge is -2.26. The zero-order valence-corrected chi connectivity index (χ0v) is 15.1. The molecule has 2 atom stereocenters. The van der Waals surface area contributed by atoms with Crippen molar-refractivity contribution in [2.24, 2.45) is 5.92 Å². The van der Waals surface area contributed by atoms with E-state index in [0.29, 0.717) is 18.6 Å². The second-order valence-corrected chi connectivity index (χ2v) is 9.82. The van der Waals surface area contributed by atoms with Crippen LogP contribution in [0.2, 0.25) is 0 Å². The van der Waals surface area contributed by atoms with Crippen LogP contribution in [0, 0.1) is 5.92 Å². The first-order valence-corrected chi connectivity index (χ1v) is 10.7. The molecule has 1 aromatic rings. The van der Waals surface area contributed by atoms with Crippen molar-refractivity contribution in [3.8, 4) is 0 Å². The van der Waals surface area contributed by atoms with E-state index in [-0.39, 0.29) is 17.0 Å². The molecule has 0 bridgehead atoms. The molecule has 2 rings (SSSR count). The first kappa shape index (κ1) is 17.0. The summed E-state index contributed by atoms with van der Waals surface area (Å²) in [6.07, 6.45) is 4.12. The van der Waals surface area contributed by atoms with E-state index in [9.17, 15) is 13.2 Å². The summed E-state index contributed by atoms with van der Waals surface area (Å²) >= 11 is 4.93. The maximum Gasteiger partial charge on any atom is 0.150 e. The molecular weight excluding hydrogens is 372 g/mol. The molecule has 6 heteroatoms. The largest absolute Gasteiger partial charge is 0.298 e. The van der Waals surface area contributed by atoms with E-state index < -0.39 is 9.84 Å². The predicted octanol–water partition coefficient (Wildman–Crippen LogP) is 3.71. The maximum atomic E-state index is 12.3. The third-order valence-corrected chi connectivity index (χ3v) is 7.01. The molecule has 0 aliphatic heterocycles. The van der Waals surface area contributed by atoms with Crippen molar-refractivity contribution in [3.63, 3.8) is 0 Å². The van der Waals surface area contributed by atoms with Gasteiger partial charge in [0.25, 0.3) is 0 Å². The van der Waals surface area contributed by atoms with Gasteiger partial charge >= 0.3 is 0 Å². The van der Waals surface area contributed by atoms with Gasteiger partial charge in [-0.25, -0.2) is 8.42 Å². The SMILES string of the molecule is CS(=O)(=O)C1CCCC(C(=O)CSc2cccc(Br)c2)C1. The van der Waals surface area contributed by atoms with Gasteiger partial charge in [-0.15, -0.1) is 11.8 Å². The van der Waals surface area contributed by atoms with Crippen LogP contribution in [0.25, 0.3) is 0 Å². The molecule has 116 valence electrons. The maximum absolute atomic E-state index is 12.3. The second kappa shape index (κ2) is 7.29. The molecule has 0 aromatic heterocycles. The fraction of sp³-hybridized carbons (Fsp3) is 0.533. The number of hydrogen-bond acceptors (Lipinski definition) is 4. The molecule has 1 fully saturated rings.